The van der Waals surface area contributed by atoms with E-state index in [4.69, 9.17) is 0 Å². The van der Waals surface area contributed by atoms with Crippen LogP contribution in [0.1, 0.15) is 18.1 Å². The van der Waals surface area contributed by atoms with Gasteiger partial charge in [0, 0.05) is 19.3 Å². The third-order valence-electron chi connectivity index (χ3n) is 3.03. The normalized spacial score (nSPS) is 20.6. The summed E-state index contributed by atoms with van der Waals surface area (Å²) in [7, 11) is 1.96. The molecule has 0 spiro atoms. The number of benzene rings is 1. The predicted octanol–water partition coefficient (Wildman–Crippen LogP) is 1.45. The number of amides is 1. The first-order chi connectivity index (χ1) is 7.09. The molecule has 0 aromatic heterocycles. The van der Waals surface area contributed by atoms with Crippen molar-refractivity contribution in [1.82, 2.24) is 5.32 Å². The zero-order chi connectivity index (χ0) is 11.0. The number of carbonyl (C=O) groups excluding carboxylic acids is 1. The number of nitrogens with zero attached hydrogens (tertiary/aromatic N) is 1. The number of fused-ring (bicyclic) bond motifs is 1. The molecule has 1 aromatic rings. The van der Waals surface area contributed by atoms with Gasteiger partial charge in [0.1, 0.15) is 6.04 Å². The number of nitrogens with one attached hydrogen (secondary N) is 1. The lowest BCUT2D eigenvalue weighted by Crippen LogP contribution is -2.40. The van der Waals surface area contributed by atoms with Crippen LogP contribution >= 0.6 is 0 Å². The average Bonchev–Trinajstić information content (AvgIpc) is 2.32. The minimum absolute atomic E-state index is 0.0892. The maximum absolute atomic E-state index is 11.6. The van der Waals surface area contributed by atoms with Gasteiger partial charge in [0.25, 0.3) is 0 Å². The first-order valence-electron chi connectivity index (χ1n) is 5.19. The molecular formula is C12H16N2O. The van der Waals surface area contributed by atoms with E-state index in [2.05, 4.69) is 30.4 Å². The summed E-state index contributed by atoms with van der Waals surface area (Å²) in [6, 6.07) is 6.19. The number of aryl methyl sites for hydroxylation is 1. The Balaban J connectivity index is 2.47. The molecule has 1 unspecified atom stereocenters. The standard InChI is InChI=1S/C12H16N2O/c1-8-4-5-11-10(6-8)7-13-12(15)9(2)14(11)3/h4-6,9H,7H2,1-3H3,(H,13,15). The molecule has 3 nitrogen and oxygen atoms in total. The van der Waals surface area contributed by atoms with Crippen molar-refractivity contribution in [3.63, 3.8) is 0 Å². The number of anilines is 1. The van der Waals surface area contributed by atoms with E-state index in [-0.39, 0.29) is 11.9 Å². The lowest BCUT2D eigenvalue weighted by atomic mass is 10.1. The lowest BCUT2D eigenvalue weighted by Gasteiger charge is -2.24. The minimum atomic E-state index is -0.103. The Bertz CT molecular complexity index is 401. The van der Waals surface area contributed by atoms with Gasteiger partial charge < -0.3 is 10.2 Å². The highest BCUT2D eigenvalue weighted by molar-refractivity contribution is 5.86. The molecule has 1 aliphatic heterocycles. The second-order valence-corrected chi connectivity index (χ2v) is 4.14. The van der Waals surface area contributed by atoms with E-state index >= 15 is 0 Å². The van der Waals surface area contributed by atoms with E-state index in [0.717, 1.165) is 5.69 Å². The highest BCUT2D eigenvalue weighted by Gasteiger charge is 2.23. The fourth-order valence-corrected chi connectivity index (χ4v) is 1.91. The van der Waals surface area contributed by atoms with Gasteiger partial charge in [-0.15, -0.1) is 0 Å². The van der Waals surface area contributed by atoms with Gasteiger partial charge >= 0.3 is 0 Å². The van der Waals surface area contributed by atoms with E-state index in [1.54, 1.807) is 0 Å². The van der Waals surface area contributed by atoms with Crippen molar-refractivity contribution in [3.8, 4) is 0 Å². The summed E-state index contributed by atoms with van der Waals surface area (Å²) in [4.78, 5) is 13.7. The van der Waals surface area contributed by atoms with Gasteiger partial charge in [-0.05, 0) is 25.5 Å². The second-order valence-electron chi connectivity index (χ2n) is 4.14. The second kappa shape index (κ2) is 3.57. The van der Waals surface area contributed by atoms with Gasteiger partial charge in [-0.25, -0.2) is 0 Å². The molecule has 15 heavy (non-hydrogen) atoms. The maximum atomic E-state index is 11.6. The summed E-state index contributed by atoms with van der Waals surface area (Å²) in [6.45, 7) is 4.62. The first-order valence-corrected chi connectivity index (χ1v) is 5.19. The number of hydrogen-bond donors (Lipinski definition) is 1. The molecule has 80 valence electrons. The van der Waals surface area contributed by atoms with Crippen LogP contribution < -0.4 is 10.2 Å². The molecule has 0 radical (unpaired) electrons. The molecule has 0 bridgehead atoms. The molecule has 1 N–H and O–H groups in total. The molecule has 1 aliphatic rings. The lowest BCUT2D eigenvalue weighted by molar-refractivity contribution is -0.122. The summed E-state index contributed by atoms with van der Waals surface area (Å²) in [5.41, 5.74) is 3.56. The molecule has 0 aliphatic carbocycles. The van der Waals surface area contributed by atoms with Gasteiger partial charge in [0.2, 0.25) is 5.91 Å². The van der Waals surface area contributed by atoms with Crippen LogP contribution in [0.15, 0.2) is 18.2 Å². The van der Waals surface area contributed by atoms with Crippen LogP contribution in [-0.4, -0.2) is 19.0 Å². The fourth-order valence-electron chi connectivity index (χ4n) is 1.91. The van der Waals surface area contributed by atoms with E-state index in [0.29, 0.717) is 6.54 Å². The molecule has 0 saturated carbocycles. The highest BCUT2D eigenvalue weighted by atomic mass is 16.2. The smallest absolute Gasteiger partial charge is 0.242 e. The number of likely N-dealkylation sites (N-methyl/N-ethyl adjacent to an activating group) is 1. The Labute approximate surface area is 90.1 Å². The van der Waals surface area contributed by atoms with Crippen LogP contribution in [0.5, 0.6) is 0 Å². The van der Waals surface area contributed by atoms with Crippen molar-refractivity contribution in [2.45, 2.75) is 26.4 Å². The minimum Gasteiger partial charge on any atom is -0.363 e. The maximum Gasteiger partial charge on any atom is 0.242 e. The van der Waals surface area contributed by atoms with Crippen LogP contribution in [0.3, 0.4) is 0 Å². The summed E-state index contributed by atoms with van der Waals surface area (Å²) in [6.07, 6.45) is 0. The van der Waals surface area contributed by atoms with E-state index in [1.807, 2.05) is 18.9 Å². The Morgan fingerprint density at radius 3 is 2.93 bits per heavy atom. The SMILES string of the molecule is Cc1ccc2c(c1)CNC(=O)C(C)N2C. The van der Waals surface area contributed by atoms with Crippen molar-refractivity contribution in [2.75, 3.05) is 11.9 Å². The molecule has 1 aromatic carbocycles. The van der Waals surface area contributed by atoms with Gasteiger partial charge in [0.05, 0.1) is 0 Å². The Kier molecular flexibility index (Phi) is 2.39. The summed E-state index contributed by atoms with van der Waals surface area (Å²) in [5.74, 6) is 0.0892. The topological polar surface area (TPSA) is 32.3 Å². The van der Waals surface area contributed by atoms with Crippen molar-refractivity contribution in [2.24, 2.45) is 0 Å². The van der Waals surface area contributed by atoms with E-state index in [1.165, 1.54) is 11.1 Å². The average molecular weight is 204 g/mol. The van der Waals surface area contributed by atoms with Gasteiger partial charge in [-0.3, -0.25) is 4.79 Å². The molecule has 0 saturated heterocycles. The van der Waals surface area contributed by atoms with Gasteiger partial charge in [-0.2, -0.15) is 0 Å². The van der Waals surface area contributed by atoms with Crippen LogP contribution in [0.2, 0.25) is 0 Å². The molecular weight excluding hydrogens is 188 g/mol. The Morgan fingerprint density at radius 1 is 1.47 bits per heavy atom. The van der Waals surface area contributed by atoms with Gasteiger partial charge in [0.15, 0.2) is 0 Å². The number of rotatable bonds is 0. The largest absolute Gasteiger partial charge is 0.363 e. The summed E-state index contributed by atoms with van der Waals surface area (Å²) in [5, 5.41) is 2.93. The van der Waals surface area contributed by atoms with Crippen LogP contribution in [0.25, 0.3) is 0 Å². The monoisotopic (exact) mass is 204 g/mol. The molecule has 1 heterocycles. The number of carbonyl (C=O) groups is 1. The van der Waals surface area contributed by atoms with Crippen LogP contribution in [0.4, 0.5) is 5.69 Å². The van der Waals surface area contributed by atoms with Crippen LogP contribution in [0, 0.1) is 6.92 Å². The zero-order valence-electron chi connectivity index (χ0n) is 9.37. The van der Waals surface area contributed by atoms with Crippen molar-refractivity contribution in [3.05, 3.63) is 29.3 Å². The summed E-state index contributed by atoms with van der Waals surface area (Å²) < 4.78 is 0. The third kappa shape index (κ3) is 1.69. The van der Waals surface area contributed by atoms with Crippen molar-refractivity contribution < 1.29 is 4.79 Å². The van der Waals surface area contributed by atoms with E-state index in [9.17, 15) is 4.79 Å². The fraction of sp³-hybridized carbons (Fsp3) is 0.417. The van der Waals surface area contributed by atoms with Crippen molar-refractivity contribution >= 4 is 11.6 Å². The first kappa shape index (κ1) is 10.0. The quantitative estimate of drug-likeness (QED) is 0.693. The zero-order valence-corrected chi connectivity index (χ0v) is 9.37. The predicted molar refractivity (Wildman–Crippen MR) is 60.9 cm³/mol. The molecule has 1 atom stereocenters. The van der Waals surface area contributed by atoms with E-state index < -0.39 is 0 Å². The molecule has 1 amide bonds. The van der Waals surface area contributed by atoms with Crippen LogP contribution in [-0.2, 0) is 11.3 Å². The highest BCUT2D eigenvalue weighted by Crippen LogP contribution is 2.24. The van der Waals surface area contributed by atoms with Gasteiger partial charge in [-0.1, -0.05) is 17.7 Å². The third-order valence-corrected chi connectivity index (χ3v) is 3.03. The number of hydrogen-bond acceptors (Lipinski definition) is 2. The Hall–Kier alpha value is -1.51. The molecule has 3 heteroatoms. The molecule has 0 fully saturated rings. The summed E-state index contributed by atoms with van der Waals surface area (Å²) >= 11 is 0. The molecule has 2 rings (SSSR count). The Morgan fingerprint density at radius 2 is 2.20 bits per heavy atom. The van der Waals surface area contributed by atoms with Crippen molar-refractivity contribution in [1.29, 1.82) is 0 Å².